The molecule has 0 unspecified atom stereocenters. The predicted octanol–water partition coefficient (Wildman–Crippen LogP) is 3.24. The fourth-order valence-corrected chi connectivity index (χ4v) is 3.79. The molecule has 2 aromatic heterocycles. The molecule has 8 nitrogen and oxygen atoms in total. The van der Waals surface area contributed by atoms with Gasteiger partial charge < -0.3 is 19.7 Å². The van der Waals surface area contributed by atoms with E-state index in [2.05, 4.69) is 34.1 Å². The Hall–Kier alpha value is -3.13. The highest BCUT2D eigenvalue weighted by Gasteiger charge is 2.18. The highest BCUT2D eigenvalue weighted by molar-refractivity contribution is 6.06. The molecule has 0 aliphatic carbocycles. The van der Waals surface area contributed by atoms with Crippen LogP contribution in [0, 0.1) is 13.8 Å². The van der Waals surface area contributed by atoms with Gasteiger partial charge in [-0.1, -0.05) is 19.9 Å². The van der Waals surface area contributed by atoms with Crippen LogP contribution >= 0.6 is 0 Å². The second-order valence-electron chi connectivity index (χ2n) is 7.76. The fourth-order valence-electron chi connectivity index (χ4n) is 3.79. The van der Waals surface area contributed by atoms with Crippen molar-refractivity contribution in [3.63, 3.8) is 0 Å². The SMILES string of the molecule is CCN(CC)CCOc1ccc(CNC(=O)c2cc(C)nc3c2c(C)nn3C)cc1OC. The third-order valence-corrected chi connectivity index (χ3v) is 5.58. The molecule has 1 amide bonds. The third kappa shape index (κ3) is 5.19. The summed E-state index contributed by atoms with van der Waals surface area (Å²) in [5, 5.41) is 8.20. The minimum absolute atomic E-state index is 0.157. The molecule has 0 bridgehead atoms. The van der Waals surface area contributed by atoms with Crippen LogP contribution in [0.3, 0.4) is 0 Å². The van der Waals surface area contributed by atoms with Crippen LogP contribution in [0.2, 0.25) is 0 Å². The van der Waals surface area contributed by atoms with E-state index in [0.717, 1.165) is 42.0 Å². The minimum atomic E-state index is -0.157. The monoisotopic (exact) mass is 439 g/mol. The van der Waals surface area contributed by atoms with Gasteiger partial charge in [0.05, 0.1) is 23.8 Å². The number of nitrogens with one attached hydrogen (secondary N) is 1. The molecule has 2 heterocycles. The largest absolute Gasteiger partial charge is 0.493 e. The Morgan fingerprint density at radius 1 is 1.16 bits per heavy atom. The van der Waals surface area contributed by atoms with Crippen LogP contribution in [0.4, 0.5) is 0 Å². The van der Waals surface area contributed by atoms with Gasteiger partial charge in [-0.05, 0) is 50.7 Å². The molecular weight excluding hydrogens is 406 g/mol. The number of amides is 1. The number of carbonyl (C=O) groups is 1. The van der Waals surface area contributed by atoms with Gasteiger partial charge in [0, 0.05) is 25.8 Å². The maximum absolute atomic E-state index is 13.0. The Balaban J connectivity index is 1.69. The quantitative estimate of drug-likeness (QED) is 0.522. The van der Waals surface area contributed by atoms with E-state index in [9.17, 15) is 4.79 Å². The van der Waals surface area contributed by atoms with Crippen LogP contribution < -0.4 is 14.8 Å². The molecule has 3 rings (SSSR count). The van der Waals surface area contributed by atoms with Gasteiger partial charge in [0.15, 0.2) is 17.1 Å². The lowest BCUT2D eigenvalue weighted by molar-refractivity contribution is 0.0952. The molecule has 172 valence electrons. The lowest BCUT2D eigenvalue weighted by atomic mass is 10.1. The van der Waals surface area contributed by atoms with E-state index >= 15 is 0 Å². The van der Waals surface area contributed by atoms with Gasteiger partial charge >= 0.3 is 0 Å². The first-order valence-corrected chi connectivity index (χ1v) is 11.0. The first kappa shape index (κ1) is 23.5. The molecule has 0 fully saturated rings. The van der Waals surface area contributed by atoms with Crippen LogP contribution in [0.5, 0.6) is 11.5 Å². The van der Waals surface area contributed by atoms with Gasteiger partial charge in [0.1, 0.15) is 6.61 Å². The molecule has 1 aromatic carbocycles. The van der Waals surface area contributed by atoms with Gasteiger partial charge in [0.2, 0.25) is 0 Å². The van der Waals surface area contributed by atoms with Crippen molar-refractivity contribution in [1.29, 1.82) is 0 Å². The number of ether oxygens (including phenoxy) is 2. The molecular formula is C24H33N5O3. The lowest BCUT2D eigenvalue weighted by Crippen LogP contribution is -2.28. The number of benzene rings is 1. The van der Waals surface area contributed by atoms with Gasteiger partial charge in [-0.2, -0.15) is 5.10 Å². The Morgan fingerprint density at radius 2 is 1.91 bits per heavy atom. The summed E-state index contributed by atoms with van der Waals surface area (Å²) in [7, 11) is 3.46. The van der Waals surface area contributed by atoms with Crippen LogP contribution in [0.1, 0.15) is 41.2 Å². The number of aryl methyl sites for hydroxylation is 3. The Kier molecular flexibility index (Phi) is 7.69. The van der Waals surface area contributed by atoms with E-state index in [-0.39, 0.29) is 5.91 Å². The van der Waals surface area contributed by atoms with Gasteiger partial charge in [-0.3, -0.25) is 9.48 Å². The number of hydrogen-bond donors (Lipinski definition) is 1. The average Bonchev–Trinajstić information content (AvgIpc) is 3.07. The summed E-state index contributed by atoms with van der Waals surface area (Å²) in [6, 6.07) is 7.54. The van der Waals surface area contributed by atoms with Crippen LogP contribution in [0.25, 0.3) is 11.0 Å². The fraction of sp³-hybridized carbons (Fsp3) is 0.458. The maximum atomic E-state index is 13.0. The normalized spacial score (nSPS) is 11.2. The Bertz CT molecular complexity index is 1090. The Labute approximate surface area is 189 Å². The summed E-state index contributed by atoms with van der Waals surface area (Å²) in [4.78, 5) is 19.8. The number of rotatable bonds is 10. The average molecular weight is 440 g/mol. The summed E-state index contributed by atoms with van der Waals surface area (Å²) in [5.74, 6) is 1.20. The van der Waals surface area contributed by atoms with Crippen molar-refractivity contribution in [2.75, 3.05) is 33.4 Å². The highest BCUT2D eigenvalue weighted by Crippen LogP contribution is 2.28. The van der Waals surface area contributed by atoms with Crippen LogP contribution in [-0.4, -0.2) is 58.9 Å². The van der Waals surface area contributed by atoms with Gasteiger partial charge in [0.25, 0.3) is 5.91 Å². The van der Waals surface area contributed by atoms with Crippen molar-refractivity contribution >= 4 is 16.9 Å². The molecule has 0 saturated heterocycles. The number of nitrogens with zero attached hydrogens (tertiary/aromatic N) is 4. The zero-order valence-electron chi connectivity index (χ0n) is 19.9. The predicted molar refractivity (Wildman–Crippen MR) is 125 cm³/mol. The zero-order valence-corrected chi connectivity index (χ0v) is 19.9. The topological polar surface area (TPSA) is 81.5 Å². The summed E-state index contributed by atoms with van der Waals surface area (Å²) in [5.41, 5.74) is 3.78. The van der Waals surface area contributed by atoms with Crippen molar-refractivity contribution in [1.82, 2.24) is 25.0 Å². The van der Waals surface area contributed by atoms with Crippen molar-refractivity contribution in [2.24, 2.45) is 7.05 Å². The number of methoxy groups -OCH3 is 1. The van der Waals surface area contributed by atoms with E-state index in [1.54, 1.807) is 17.9 Å². The van der Waals surface area contributed by atoms with Crippen molar-refractivity contribution in [3.8, 4) is 11.5 Å². The summed E-state index contributed by atoms with van der Waals surface area (Å²) in [6.07, 6.45) is 0. The summed E-state index contributed by atoms with van der Waals surface area (Å²) < 4.78 is 13.1. The first-order valence-electron chi connectivity index (χ1n) is 11.0. The lowest BCUT2D eigenvalue weighted by Gasteiger charge is -2.19. The van der Waals surface area contributed by atoms with E-state index < -0.39 is 0 Å². The molecule has 0 radical (unpaired) electrons. The third-order valence-electron chi connectivity index (χ3n) is 5.58. The van der Waals surface area contributed by atoms with E-state index in [0.29, 0.717) is 35.9 Å². The van der Waals surface area contributed by atoms with Crippen LogP contribution in [-0.2, 0) is 13.6 Å². The standard InChI is InChI=1S/C24H33N5O3/c1-7-29(8-2)11-12-32-20-10-9-18(14-21(20)31-6)15-25-24(30)19-13-16(3)26-23-22(19)17(4)27-28(23)5/h9-10,13-14H,7-8,11-12,15H2,1-6H3,(H,25,30). The molecule has 0 aliphatic rings. The van der Waals surface area contributed by atoms with Crippen molar-refractivity contribution in [2.45, 2.75) is 34.2 Å². The second kappa shape index (κ2) is 10.5. The van der Waals surface area contributed by atoms with Crippen LogP contribution in [0.15, 0.2) is 24.3 Å². The number of hydrogen-bond acceptors (Lipinski definition) is 6. The summed E-state index contributed by atoms with van der Waals surface area (Å²) >= 11 is 0. The molecule has 1 N–H and O–H groups in total. The summed E-state index contributed by atoms with van der Waals surface area (Å²) in [6.45, 7) is 11.9. The van der Waals surface area contributed by atoms with Crippen molar-refractivity contribution in [3.05, 3.63) is 46.8 Å². The number of aromatic nitrogens is 3. The van der Waals surface area contributed by atoms with Crippen molar-refractivity contribution < 1.29 is 14.3 Å². The van der Waals surface area contributed by atoms with Gasteiger partial charge in [-0.15, -0.1) is 0 Å². The van der Waals surface area contributed by atoms with Gasteiger partial charge in [-0.25, -0.2) is 4.98 Å². The highest BCUT2D eigenvalue weighted by atomic mass is 16.5. The molecule has 32 heavy (non-hydrogen) atoms. The minimum Gasteiger partial charge on any atom is -0.493 e. The number of likely N-dealkylation sites (N-methyl/N-ethyl adjacent to an activating group) is 1. The number of fused-ring (bicyclic) bond motifs is 1. The first-order chi connectivity index (χ1) is 15.4. The second-order valence-corrected chi connectivity index (χ2v) is 7.76. The molecule has 0 aliphatic heterocycles. The maximum Gasteiger partial charge on any atom is 0.252 e. The Morgan fingerprint density at radius 3 is 2.59 bits per heavy atom. The van der Waals surface area contributed by atoms with E-state index in [1.807, 2.05) is 39.1 Å². The smallest absolute Gasteiger partial charge is 0.252 e. The zero-order chi connectivity index (χ0) is 23.3. The molecule has 8 heteroatoms. The van der Waals surface area contributed by atoms with E-state index in [1.165, 1.54) is 0 Å². The number of carbonyl (C=O) groups excluding carboxylic acids is 1. The van der Waals surface area contributed by atoms with E-state index in [4.69, 9.17) is 9.47 Å². The number of pyridine rings is 1. The molecule has 0 spiro atoms. The molecule has 0 saturated carbocycles. The molecule has 3 aromatic rings. The molecule has 0 atom stereocenters.